The predicted molar refractivity (Wildman–Crippen MR) is 116 cm³/mol. The minimum Gasteiger partial charge on any atom is -0.106 e. The van der Waals surface area contributed by atoms with Crippen molar-refractivity contribution < 1.29 is 0 Å². The zero-order chi connectivity index (χ0) is 16.6. The van der Waals surface area contributed by atoms with E-state index in [4.69, 9.17) is 0 Å². The first kappa shape index (κ1) is 19.4. The largest absolute Gasteiger partial charge is 0.106 e. The first-order chi connectivity index (χ1) is 10.4. The van der Waals surface area contributed by atoms with E-state index in [0.717, 1.165) is 0 Å². The molecule has 0 aliphatic carbocycles. The monoisotopic (exact) mass is 360 g/mol. The van der Waals surface area contributed by atoms with Gasteiger partial charge in [-0.3, -0.25) is 0 Å². The number of allylic oxidation sites excluding steroid dienone is 3. The van der Waals surface area contributed by atoms with Crippen molar-refractivity contribution in [1.82, 2.24) is 0 Å². The molecule has 0 atom stereocenters. The van der Waals surface area contributed by atoms with E-state index in [1.54, 1.807) is 5.19 Å². The van der Waals surface area contributed by atoms with Gasteiger partial charge in [-0.15, -0.1) is 17.1 Å². The Bertz CT molecular complexity index is 493. The van der Waals surface area contributed by atoms with E-state index in [2.05, 4.69) is 89.0 Å². The van der Waals surface area contributed by atoms with Gasteiger partial charge in [-0.05, 0) is 41.5 Å². The highest BCUT2D eigenvalue weighted by Crippen LogP contribution is 2.06. The fourth-order valence-corrected chi connectivity index (χ4v) is 32.3. The topological polar surface area (TPSA) is 0 Å². The molecule has 120 valence electrons. The smallest absolute Gasteiger partial charge is 0.0624 e. The molecule has 0 spiro atoms. The lowest BCUT2D eigenvalue weighted by Crippen LogP contribution is -2.63. The summed E-state index contributed by atoms with van der Waals surface area (Å²) in [5.74, 6) is 0. The van der Waals surface area contributed by atoms with Crippen LogP contribution in [0.5, 0.6) is 0 Å². The van der Waals surface area contributed by atoms with Gasteiger partial charge in [0.15, 0.2) is 0 Å². The Balaban J connectivity index is 3.30. The van der Waals surface area contributed by atoms with Gasteiger partial charge in [0.05, 0.1) is 6.63 Å². The molecule has 0 heterocycles. The number of rotatable bonds is 7. The van der Waals surface area contributed by atoms with Gasteiger partial charge in [0, 0.05) is 27.1 Å². The van der Waals surface area contributed by atoms with Gasteiger partial charge in [0.25, 0.3) is 0 Å². The molecule has 22 heavy (non-hydrogen) atoms. The molecule has 1 aromatic carbocycles. The molecule has 0 bridgehead atoms. The predicted octanol–water partition coefficient (Wildman–Crippen LogP) is 2.11. The molecule has 1 rings (SSSR count). The Kier molecular flexibility index (Phi) is 8.31. The highest BCUT2D eigenvalue weighted by atomic mass is 29.9. The van der Waals surface area contributed by atoms with Crippen molar-refractivity contribution in [3.63, 3.8) is 0 Å². The molecule has 0 fully saturated rings. The maximum atomic E-state index is 2.66. The summed E-state index contributed by atoms with van der Waals surface area (Å²) in [5.41, 5.74) is 12.6. The molecule has 0 nitrogen and oxygen atoms in total. The zero-order valence-electron chi connectivity index (χ0n) is 15.2. The summed E-state index contributed by atoms with van der Waals surface area (Å²) in [6.45, 7) is 12.5. The summed E-state index contributed by atoms with van der Waals surface area (Å²) in [6, 6.07) is 11.6. The molecule has 0 saturated carbocycles. The molecule has 0 radical (unpaired) electrons. The van der Waals surface area contributed by atoms with E-state index in [1.165, 1.54) is 16.7 Å². The van der Waals surface area contributed by atoms with E-state index in [0.29, 0.717) is 0 Å². The highest BCUT2D eigenvalue weighted by Gasteiger charge is 2.32. The van der Waals surface area contributed by atoms with Gasteiger partial charge in [-0.2, -0.15) is 0 Å². The summed E-state index contributed by atoms with van der Waals surface area (Å²) in [4.78, 5) is 0. The number of hydrogen-bond donors (Lipinski definition) is 0. The first-order valence-electron chi connectivity index (χ1n) is 8.31. The van der Waals surface area contributed by atoms with Crippen LogP contribution in [0.1, 0.15) is 41.5 Å². The van der Waals surface area contributed by atoms with Crippen LogP contribution in [0.25, 0.3) is 0 Å². The Morgan fingerprint density at radius 2 is 1.05 bits per heavy atom. The highest BCUT2D eigenvalue weighted by molar-refractivity contribution is 7.76. The third-order valence-corrected chi connectivity index (χ3v) is 39.2. The zero-order valence-corrected chi connectivity index (χ0v) is 20.5. The molecule has 0 aromatic heterocycles. The molecule has 0 unspecified atom stereocenters. The van der Waals surface area contributed by atoms with Crippen LogP contribution in [0.2, 0.25) is 0 Å². The van der Waals surface area contributed by atoms with Crippen molar-refractivity contribution in [2.75, 3.05) is 0 Å². The third kappa shape index (κ3) is 6.60. The average Bonchev–Trinajstić information content (AvgIpc) is 2.47. The van der Waals surface area contributed by atoms with E-state index < -0.39 is 6.63 Å². The maximum Gasteiger partial charge on any atom is 0.0624 e. The molecule has 0 aliphatic rings. The summed E-state index contributed by atoms with van der Waals surface area (Å²) >= 11 is 0. The van der Waals surface area contributed by atoms with Gasteiger partial charge in [0.1, 0.15) is 0 Å². The number of hydrogen-bond acceptors (Lipinski definition) is 0. The number of benzene rings is 1. The van der Waals surface area contributed by atoms with E-state index in [-0.39, 0.29) is 27.1 Å². The second-order valence-corrected chi connectivity index (χ2v) is 37.5. The van der Waals surface area contributed by atoms with Gasteiger partial charge < -0.3 is 0 Å². The molecule has 1 aromatic rings. The van der Waals surface area contributed by atoms with Crippen molar-refractivity contribution in [2.24, 2.45) is 0 Å². The minimum absolute atomic E-state index is 0.102. The van der Waals surface area contributed by atoms with E-state index in [1.807, 2.05) is 0 Å². The van der Waals surface area contributed by atoms with Crippen LogP contribution in [0, 0.1) is 0 Å². The van der Waals surface area contributed by atoms with Crippen molar-refractivity contribution in [3.8, 4) is 0 Å². The van der Waals surface area contributed by atoms with Crippen molar-refractivity contribution in [3.05, 3.63) is 64.1 Å². The molecule has 4 heteroatoms. The first-order valence-corrected chi connectivity index (χ1v) is 19.7. The lowest BCUT2D eigenvalue weighted by molar-refractivity contribution is 1.41. The lowest BCUT2D eigenvalue weighted by atomic mass is 10.4. The second kappa shape index (κ2) is 9.45. The quantitative estimate of drug-likeness (QED) is 0.653. The Morgan fingerprint density at radius 3 is 1.36 bits per heavy atom. The van der Waals surface area contributed by atoms with Crippen LogP contribution >= 0.6 is 0 Å². The van der Waals surface area contributed by atoms with Gasteiger partial charge in [-0.25, -0.2) is 0 Å². The molecule has 0 aliphatic heterocycles. The average molecular weight is 361 g/mol. The van der Waals surface area contributed by atoms with Crippen LogP contribution in [-0.4, -0.2) is 33.7 Å². The molecule has 0 N–H and O–H groups in total. The van der Waals surface area contributed by atoms with Gasteiger partial charge in [-0.1, -0.05) is 52.2 Å². The maximum absolute atomic E-state index is 2.66. The molecule has 0 saturated heterocycles. The SMILES string of the molecule is CC(C)=C[SiH2][Si]([SiH2]C=C(C)C)([SiH2]C=C(C)C)c1ccccc1. The van der Waals surface area contributed by atoms with Crippen LogP contribution in [0.4, 0.5) is 0 Å². The summed E-state index contributed by atoms with van der Waals surface area (Å²) in [5, 5.41) is 1.77. The minimum atomic E-state index is -1.17. The standard InChI is InChI=1S/C18H32Si4/c1-15(2)12-19-22(20-13-16(3)4,21-14-17(5)6)18-10-8-7-9-11-18/h7-14H,19-21H2,1-6H3. The molecular formula is C18H32Si4. The van der Waals surface area contributed by atoms with Crippen LogP contribution in [0.15, 0.2) is 64.1 Å². The van der Waals surface area contributed by atoms with E-state index in [9.17, 15) is 0 Å². The molecule has 0 amide bonds. The Morgan fingerprint density at radius 1 is 0.682 bits per heavy atom. The fraction of sp³-hybridized carbons (Fsp3) is 0.333. The van der Waals surface area contributed by atoms with Crippen LogP contribution in [-0.2, 0) is 0 Å². The fourth-order valence-electron chi connectivity index (χ4n) is 2.59. The van der Waals surface area contributed by atoms with Crippen LogP contribution in [0.3, 0.4) is 0 Å². The van der Waals surface area contributed by atoms with Gasteiger partial charge in [0.2, 0.25) is 0 Å². The normalized spacial score (nSPS) is 14.6. The third-order valence-electron chi connectivity index (χ3n) is 4.09. The van der Waals surface area contributed by atoms with Crippen molar-refractivity contribution in [2.45, 2.75) is 41.5 Å². The summed E-state index contributed by atoms with van der Waals surface area (Å²) in [7, 11) is -0.306. The van der Waals surface area contributed by atoms with Crippen molar-refractivity contribution >= 4 is 38.9 Å². The van der Waals surface area contributed by atoms with Crippen LogP contribution < -0.4 is 5.19 Å². The molecular weight excluding hydrogens is 329 g/mol. The Labute approximate surface area is 144 Å². The lowest BCUT2D eigenvalue weighted by Gasteiger charge is -2.29. The van der Waals surface area contributed by atoms with E-state index >= 15 is 0 Å². The van der Waals surface area contributed by atoms with Gasteiger partial charge >= 0.3 is 0 Å². The summed E-state index contributed by atoms with van der Waals surface area (Å²) in [6.07, 6.45) is 0. The second-order valence-electron chi connectivity index (χ2n) is 7.10. The summed E-state index contributed by atoms with van der Waals surface area (Å²) < 4.78 is 0. The van der Waals surface area contributed by atoms with Crippen molar-refractivity contribution in [1.29, 1.82) is 0 Å². The Hall–Kier alpha value is -0.692.